The van der Waals surface area contributed by atoms with E-state index in [0.29, 0.717) is 0 Å². The monoisotopic (exact) mass is 202 g/mol. The molecule has 0 atom stereocenters. The predicted octanol–water partition coefficient (Wildman–Crippen LogP) is 0.337. The lowest BCUT2D eigenvalue weighted by atomic mass is 10.0. The number of rotatable bonds is 5. The van der Waals surface area contributed by atoms with Crippen LogP contribution in [0, 0.1) is 0 Å². The molecule has 0 aliphatic carbocycles. The maximum absolute atomic E-state index is 10.5. The topological polar surface area (TPSA) is 112 Å². The smallest absolute Gasteiger partial charge is 0.332 e. The quantitative estimate of drug-likeness (QED) is 0.554. The third-order valence-corrected chi connectivity index (χ3v) is 1.62. The molecule has 0 aromatic carbocycles. The molecule has 6 nitrogen and oxygen atoms in total. The summed E-state index contributed by atoms with van der Waals surface area (Å²) in [4.78, 5) is 31.1. The van der Waals surface area contributed by atoms with Crippen molar-refractivity contribution in [2.24, 2.45) is 0 Å². The fraction of sp³-hybridized carbons (Fsp3) is 0.375. The Kier molecular flexibility index (Phi) is 4.34. The van der Waals surface area contributed by atoms with Crippen molar-refractivity contribution in [2.75, 3.05) is 0 Å². The van der Waals surface area contributed by atoms with E-state index in [0.717, 1.165) is 6.92 Å². The Balaban J connectivity index is 4.77. The van der Waals surface area contributed by atoms with Crippen molar-refractivity contribution >= 4 is 17.9 Å². The molecular formula is C8H10O6. The molecule has 14 heavy (non-hydrogen) atoms. The van der Waals surface area contributed by atoms with Crippen molar-refractivity contribution in [2.45, 2.75) is 19.8 Å². The highest BCUT2D eigenvalue weighted by molar-refractivity contribution is 5.98. The molecule has 3 N–H and O–H groups in total. The molecule has 0 amide bonds. The first-order valence-electron chi connectivity index (χ1n) is 3.74. The van der Waals surface area contributed by atoms with E-state index in [-0.39, 0.29) is 17.6 Å². The van der Waals surface area contributed by atoms with Gasteiger partial charge in [0.15, 0.2) is 0 Å². The highest BCUT2D eigenvalue weighted by Gasteiger charge is 2.16. The van der Waals surface area contributed by atoms with Crippen LogP contribution in [0.3, 0.4) is 0 Å². The first-order valence-corrected chi connectivity index (χ1v) is 3.74. The first kappa shape index (κ1) is 12.2. The van der Waals surface area contributed by atoms with Crippen molar-refractivity contribution in [1.82, 2.24) is 0 Å². The third-order valence-electron chi connectivity index (χ3n) is 1.62. The highest BCUT2D eigenvalue weighted by atomic mass is 16.4. The zero-order valence-electron chi connectivity index (χ0n) is 7.48. The number of carbonyl (C=O) groups is 3. The SMILES string of the molecule is CC(C(=O)O)=C(CCC(=O)O)C(=O)O. The molecule has 0 heterocycles. The summed E-state index contributed by atoms with van der Waals surface area (Å²) in [6.45, 7) is 1.13. The molecule has 0 aromatic heterocycles. The summed E-state index contributed by atoms with van der Waals surface area (Å²) < 4.78 is 0. The Hall–Kier alpha value is -1.85. The van der Waals surface area contributed by atoms with Gasteiger partial charge in [-0.3, -0.25) is 4.79 Å². The van der Waals surface area contributed by atoms with Gasteiger partial charge in [0, 0.05) is 17.6 Å². The van der Waals surface area contributed by atoms with Crippen LogP contribution < -0.4 is 0 Å². The van der Waals surface area contributed by atoms with Gasteiger partial charge in [0.25, 0.3) is 0 Å². The number of carboxylic acid groups (broad SMARTS) is 3. The Morgan fingerprint density at radius 2 is 1.43 bits per heavy atom. The molecule has 0 unspecified atom stereocenters. The lowest BCUT2D eigenvalue weighted by Gasteiger charge is -2.02. The maximum atomic E-state index is 10.5. The van der Waals surface area contributed by atoms with Crippen LogP contribution in [0.5, 0.6) is 0 Å². The molecule has 6 heteroatoms. The summed E-state index contributed by atoms with van der Waals surface area (Å²) in [5.74, 6) is -3.92. The van der Waals surface area contributed by atoms with Gasteiger partial charge < -0.3 is 15.3 Å². The molecule has 0 saturated carbocycles. The van der Waals surface area contributed by atoms with Gasteiger partial charge in [-0.15, -0.1) is 0 Å². The molecule has 78 valence electrons. The van der Waals surface area contributed by atoms with Crippen LogP contribution >= 0.6 is 0 Å². The van der Waals surface area contributed by atoms with Crippen LogP contribution in [0.1, 0.15) is 19.8 Å². The molecule has 0 aliphatic rings. The Morgan fingerprint density at radius 1 is 0.929 bits per heavy atom. The zero-order valence-corrected chi connectivity index (χ0v) is 7.48. The van der Waals surface area contributed by atoms with Crippen molar-refractivity contribution in [1.29, 1.82) is 0 Å². The van der Waals surface area contributed by atoms with E-state index < -0.39 is 24.3 Å². The lowest BCUT2D eigenvalue weighted by molar-refractivity contribution is -0.138. The molecule has 0 spiro atoms. The number of hydrogen-bond acceptors (Lipinski definition) is 3. The summed E-state index contributed by atoms with van der Waals surface area (Å²) in [6, 6.07) is 0. The molecule has 0 aliphatic heterocycles. The van der Waals surface area contributed by atoms with Crippen LogP contribution in [0.4, 0.5) is 0 Å². The van der Waals surface area contributed by atoms with E-state index in [1.165, 1.54) is 0 Å². The summed E-state index contributed by atoms with van der Waals surface area (Å²) in [5.41, 5.74) is -0.710. The highest BCUT2D eigenvalue weighted by Crippen LogP contribution is 2.11. The second-order valence-electron chi connectivity index (χ2n) is 2.61. The third kappa shape index (κ3) is 3.70. The fourth-order valence-corrected chi connectivity index (χ4v) is 0.816. The van der Waals surface area contributed by atoms with Crippen molar-refractivity contribution in [3.05, 3.63) is 11.1 Å². The van der Waals surface area contributed by atoms with Crippen molar-refractivity contribution < 1.29 is 29.7 Å². The molecule has 0 radical (unpaired) electrons. The summed E-state index contributed by atoms with van der Waals surface area (Å²) >= 11 is 0. The molecule has 0 bridgehead atoms. The van der Waals surface area contributed by atoms with Gasteiger partial charge in [0.05, 0.1) is 0 Å². The Labute approximate surface area is 79.5 Å². The second-order valence-corrected chi connectivity index (χ2v) is 2.61. The van der Waals surface area contributed by atoms with E-state index in [2.05, 4.69) is 0 Å². The molecule has 0 rings (SSSR count). The van der Waals surface area contributed by atoms with E-state index in [1.807, 2.05) is 0 Å². The second kappa shape index (κ2) is 5.00. The van der Waals surface area contributed by atoms with Crippen molar-refractivity contribution in [3.63, 3.8) is 0 Å². The van der Waals surface area contributed by atoms with Crippen LogP contribution in [0.2, 0.25) is 0 Å². The van der Waals surface area contributed by atoms with Gasteiger partial charge in [-0.2, -0.15) is 0 Å². The van der Waals surface area contributed by atoms with E-state index >= 15 is 0 Å². The largest absolute Gasteiger partial charge is 0.481 e. The minimum atomic E-state index is -1.40. The molecule has 0 aromatic rings. The lowest BCUT2D eigenvalue weighted by Crippen LogP contribution is -2.10. The zero-order chi connectivity index (χ0) is 11.3. The van der Waals surface area contributed by atoms with E-state index in [4.69, 9.17) is 15.3 Å². The van der Waals surface area contributed by atoms with Crippen LogP contribution in [0.15, 0.2) is 11.1 Å². The predicted molar refractivity (Wildman–Crippen MR) is 44.8 cm³/mol. The van der Waals surface area contributed by atoms with E-state index in [9.17, 15) is 14.4 Å². The first-order chi connectivity index (χ1) is 6.36. The molecule has 0 fully saturated rings. The minimum absolute atomic E-state index is 0.289. The number of aliphatic carboxylic acids is 3. The normalized spacial score (nSPS) is 11.8. The number of hydrogen-bond donors (Lipinski definition) is 3. The van der Waals surface area contributed by atoms with Crippen molar-refractivity contribution in [3.8, 4) is 0 Å². The van der Waals surface area contributed by atoms with Gasteiger partial charge in [0.1, 0.15) is 0 Å². The van der Waals surface area contributed by atoms with Gasteiger partial charge in [-0.25, -0.2) is 9.59 Å². The number of carboxylic acids is 3. The van der Waals surface area contributed by atoms with Gasteiger partial charge in [-0.05, 0) is 13.3 Å². The maximum Gasteiger partial charge on any atom is 0.332 e. The van der Waals surface area contributed by atoms with Gasteiger partial charge in [-0.1, -0.05) is 0 Å². The average molecular weight is 202 g/mol. The minimum Gasteiger partial charge on any atom is -0.481 e. The molecule has 0 saturated heterocycles. The van der Waals surface area contributed by atoms with Crippen LogP contribution in [0.25, 0.3) is 0 Å². The molecular weight excluding hydrogens is 192 g/mol. The summed E-state index contributed by atoms with van der Waals surface area (Å²) in [7, 11) is 0. The fourth-order valence-electron chi connectivity index (χ4n) is 0.816. The standard InChI is InChI=1S/C8H10O6/c1-4(7(11)12)5(8(13)14)2-3-6(9)10/h2-3H2,1H3,(H,9,10)(H,11,12)(H,13,14). The average Bonchev–Trinajstić information content (AvgIpc) is 2.02. The summed E-state index contributed by atoms with van der Waals surface area (Å²) in [5, 5.41) is 25.4. The van der Waals surface area contributed by atoms with Crippen LogP contribution in [-0.4, -0.2) is 33.2 Å². The van der Waals surface area contributed by atoms with Gasteiger partial charge >= 0.3 is 17.9 Å². The van der Waals surface area contributed by atoms with Crippen LogP contribution in [-0.2, 0) is 14.4 Å². The summed E-state index contributed by atoms with van der Waals surface area (Å²) in [6.07, 6.45) is -0.685. The van der Waals surface area contributed by atoms with E-state index in [1.54, 1.807) is 0 Å². The Morgan fingerprint density at radius 3 is 1.71 bits per heavy atom. The van der Waals surface area contributed by atoms with Gasteiger partial charge in [0.2, 0.25) is 0 Å². The Bertz CT molecular complexity index is 301.